The van der Waals surface area contributed by atoms with E-state index >= 15 is 0 Å². The lowest BCUT2D eigenvalue weighted by Gasteiger charge is -2.36. The van der Waals surface area contributed by atoms with Gasteiger partial charge in [0.25, 0.3) is 0 Å². The molecule has 2 amide bonds. The predicted octanol–water partition coefficient (Wildman–Crippen LogP) is 4.82. The van der Waals surface area contributed by atoms with E-state index in [-0.39, 0.29) is 18.1 Å². The number of benzene rings is 1. The second-order valence-corrected chi connectivity index (χ2v) is 6.84. The minimum Gasteiger partial charge on any atom is -0.314 e. The number of anilines is 1. The first-order valence-corrected chi connectivity index (χ1v) is 8.48. The van der Waals surface area contributed by atoms with Crippen molar-refractivity contribution in [2.75, 3.05) is 5.32 Å². The van der Waals surface area contributed by atoms with Crippen LogP contribution in [-0.4, -0.2) is 22.0 Å². The number of hydrogen-bond donors (Lipinski definition) is 1. The lowest BCUT2D eigenvalue weighted by molar-refractivity contribution is 0.178. The van der Waals surface area contributed by atoms with Crippen molar-refractivity contribution >= 4 is 34.9 Å². The van der Waals surface area contributed by atoms with Crippen LogP contribution in [0, 0.1) is 5.95 Å². The van der Waals surface area contributed by atoms with Gasteiger partial charge in [0.2, 0.25) is 5.95 Å². The summed E-state index contributed by atoms with van der Waals surface area (Å²) in [6.45, 7) is 0. The van der Waals surface area contributed by atoms with Crippen molar-refractivity contribution in [2.45, 2.75) is 31.3 Å². The fraction of sp³-hybridized carbons (Fsp3) is 0.294. The van der Waals surface area contributed by atoms with Crippen molar-refractivity contribution in [1.29, 1.82) is 0 Å². The lowest BCUT2D eigenvalue weighted by atomic mass is 9.95. The van der Waals surface area contributed by atoms with E-state index in [1.165, 1.54) is 6.20 Å². The van der Waals surface area contributed by atoms with Crippen LogP contribution in [0.15, 0.2) is 30.5 Å². The van der Waals surface area contributed by atoms with Crippen molar-refractivity contribution in [3.05, 3.63) is 57.6 Å². The second-order valence-electron chi connectivity index (χ2n) is 6.06. The molecule has 124 valence electrons. The Morgan fingerprint density at radius 2 is 2.12 bits per heavy atom. The van der Waals surface area contributed by atoms with Gasteiger partial charge in [-0.3, -0.25) is 0 Å². The van der Waals surface area contributed by atoms with Crippen molar-refractivity contribution in [2.24, 2.45) is 0 Å². The maximum Gasteiger partial charge on any atom is 0.322 e. The monoisotopic (exact) mass is 365 g/mol. The van der Waals surface area contributed by atoms with Crippen molar-refractivity contribution in [1.82, 2.24) is 9.88 Å². The van der Waals surface area contributed by atoms with Crippen LogP contribution in [0.1, 0.15) is 30.0 Å². The summed E-state index contributed by atoms with van der Waals surface area (Å²) in [7, 11) is 0. The molecule has 7 heteroatoms. The number of fused-ring (bicyclic) bond motifs is 4. The van der Waals surface area contributed by atoms with Gasteiger partial charge in [-0.2, -0.15) is 4.39 Å². The molecule has 1 fully saturated rings. The van der Waals surface area contributed by atoms with Gasteiger partial charge in [-0.05, 0) is 43.0 Å². The third-order valence-electron chi connectivity index (χ3n) is 4.77. The fourth-order valence-electron chi connectivity index (χ4n) is 3.71. The Balaban J connectivity index is 1.63. The fourth-order valence-corrected chi connectivity index (χ4v) is 4.05. The van der Waals surface area contributed by atoms with Crippen LogP contribution in [0.4, 0.5) is 14.9 Å². The van der Waals surface area contributed by atoms with Gasteiger partial charge in [0.1, 0.15) is 0 Å². The molecule has 1 N–H and O–H groups in total. The van der Waals surface area contributed by atoms with Crippen molar-refractivity contribution in [3.63, 3.8) is 0 Å². The molecule has 1 aromatic carbocycles. The highest BCUT2D eigenvalue weighted by atomic mass is 35.5. The van der Waals surface area contributed by atoms with Crippen LogP contribution in [0.2, 0.25) is 10.0 Å². The van der Waals surface area contributed by atoms with Gasteiger partial charge < -0.3 is 10.2 Å². The third-order valence-corrected chi connectivity index (χ3v) is 5.59. The molecule has 1 saturated heterocycles. The minimum absolute atomic E-state index is 0.0286. The Bertz CT molecular complexity index is 829. The smallest absolute Gasteiger partial charge is 0.314 e. The van der Waals surface area contributed by atoms with Gasteiger partial charge >= 0.3 is 6.03 Å². The highest BCUT2D eigenvalue weighted by molar-refractivity contribution is 6.43. The number of hydrogen-bond acceptors (Lipinski definition) is 2. The first kappa shape index (κ1) is 15.7. The number of carbonyl (C=O) groups excluding carboxylic acids is 1. The van der Waals surface area contributed by atoms with Gasteiger partial charge in [-0.15, -0.1) is 0 Å². The predicted molar refractivity (Wildman–Crippen MR) is 91.0 cm³/mol. The summed E-state index contributed by atoms with van der Waals surface area (Å²) < 4.78 is 14.0. The van der Waals surface area contributed by atoms with Crippen LogP contribution in [-0.2, 0) is 6.42 Å². The quantitative estimate of drug-likeness (QED) is 0.736. The van der Waals surface area contributed by atoms with Crippen LogP contribution in [0.5, 0.6) is 0 Å². The number of nitrogens with zero attached hydrogens (tertiary/aromatic N) is 2. The molecule has 2 atom stereocenters. The first-order chi connectivity index (χ1) is 11.6. The van der Waals surface area contributed by atoms with E-state index in [0.29, 0.717) is 27.7 Å². The first-order valence-electron chi connectivity index (χ1n) is 7.73. The van der Waals surface area contributed by atoms with E-state index in [1.54, 1.807) is 29.2 Å². The normalized spacial score (nSPS) is 21.5. The molecular weight excluding hydrogens is 352 g/mol. The molecule has 0 saturated carbocycles. The van der Waals surface area contributed by atoms with Crippen molar-refractivity contribution < 1.29 is 9.18 Å². The van der Waals surface area contributed by atoms with Crippen LogP contribution in [0.25, 0.3) is 0 Å². The Hall–Kier alpha value is -1.85. The van der Waals surface area contributed by atoms with Gasteiger partial charge in [0.05, 0.1) is 21.8 Å². The van der Waals surface area contributed by atoms with Crippen LogP contribution >= 0.6 is 23.2 Å². The minimum atomic E-state index is -0.428. The largest absolute Gasteiger partial charge is 0.322 e. The Labute approximate surface area is 148 Å². The zero-order chi connectivity index (χ0) is 16.8. The highest BCUT2D eigenvalue weighted by Crippen LogP contribution is 2.44. The SMILES string of the molecule is O=C(Nc1cccc(Cl)c1Cl)N1C2CCC1c1ccnc(F)c1C2. The van der Waals surface area contributed by atoms with Gasteiger partial charge in [-0.25, -0.2) is 9.78 Å². The molecule has 1 aromatic heterocycles. The summed E-state index contributed by atoms with van der Waals surface area (Å²) in [6.07, 6.45) is 3.60. The summed E-state index contributed by atoms with van der Waals surface area (Å²) in [4.78, 5) is 18.3. The molecule has 0 radical (unpaired) electrons. The summed E-state index contributed by atoms with van der Waals surface area (Å²) in [5.74, 6) is -0.428. The number of rotatable bonds is 1. The van der Waals surface area contributed by atoms with E-state index in [4.69, 9.17) is 23.2 Å². The Morgan fingerprint density at radius 1 is 1.29 bits per heavy atom. The van der Waals surface area contributed by atoms with Crippen LogP contribution in [0.3, 0.4) is 0 Å². The average Bonchev–Trinajstić information content (AvgIpc) is 2.88. The number of urea groups is 1. The Kier molecular flexibility index (Phi) is 3.85. The maximum absolute atomic E-state index is 14.0. The molecule has 2 aliphatic heterocycles. The van der Waals surface area contributed by atoms with Crippen molar-refractivity contribution in [3.8, 4) is 0 Å². The molecule has 24 heavy (non-hydrogen) atoms. The van der Waals surface area contributed by atoms with E-state index in [0.717, 1.165) is 18.4 Å². The highest BCUT2D eigenvalue weighted by Gasteiger charge is 2.43. The molecule has 0 spiro atoms. The molecule has 2 bridgehead atoms. The van der Waals surface area contributed by atoms with Gasteiger partial charge in [0, 0.05) is 17.8 Å². The molecule has 2 aliphatic rings. The maximum atomic E-state index is 14.0. The van der Waals surface area contributed by atoms with E-state index < -0.39 is 5.95 Å². The molecule has 3 heterocycles. The molecule has 4 nitrogen and oxygen atoms in total. The zero-order valence-corrected chi connectivity index (χ0v) is 14.1. The van der Waals surface area contributed by atoms with E-state index in [9.17, 15) is 9.18 Å². The summed E-state index contributed by atoms with van der Waals surface area (Å²) >= 11 is 12.1. The Morgan fingerprint density at radius 3 is 2.96 bits per heavy atom. The molecule has 4 rings (SSSR count). The lowest BCUT2D eigenvalue weighted by Crippen LogP contribution is -2.44. The number of carbonyl (C=O) groups is 1. The number of nitrogens with one attached hydrogen (secondary N) is 1. The van der Waals surface area contributed by atoms with Gasteiger partial charge in [0.15, 0.2) is 0 Å². The summed E-state index contributed by atoms with van der Waals surface area (Å²) in [5, 5.41) is 3.52. The number of amides is 2. The van der Waals surface area contributed by atoms with E-state index in [2.05, 4.69) is 10.3 Å². The third kappa shape index (κ3) is 2.43. The average molecular weight is 366 g/mol. The number of halogens is 3. The topological polar surface area (TPSA) is 45.2 Å². The summed E-state index contributed by atoms with van der Waals surface area (Å²) in [5.41, 5.74) is 1.96. The molecular formula is C17H14Cl2FN3O. The zero-order valence-electron chi connectivity index (χ0n) is 12.6. The van der Waals surface area contributed by atoms with Crippen LogP contribution < -0.4 is 5.32 Å². The van der Waals surface area contributed by atoms with E-state index in [1.807, 2.05) is 0 Å². The molecule has 0 aliphatic carbocycles. The standard InChI is InChI=1S/C17H14Cl2FN3O/c18-12-2-1-3-13(15(12)19)22-17(24)23-9-4-5-14(23)10-6-7-21-16(20)11(10)8-9/h1-3,6-7,9,14H,4-5,8H2,(H,22,24). The number of pyridine rings is 1. The number of aromatic nitrogens is 1. The second kappa shape index (κ2) is 5.90. The summed E-state index contributed by atoms with van der Waals surface area (Å²) in [6, 6.07) is 6.50. The molecule has 2 aromatic rings. The molecule has 2 unspecified atom stereocenters. The van der Waals surface area contributed by atoms with Gasteiger partial charge in [-0.1, -0.05) is 29.3 Å².